The molecule has 1 aliphatic rings. The van der Waals surface area contributed by atoms with Crippen LogP contribution in [0, 0.1) is 11.6 Å². The van der Waals surface area contributed by atoms with Crippen molar-refractivity contribution < 1.29 is 27.5 Å². The van der Waals surface area contributed by atoms with Gasteiger partial charge in [0.05, 0.1) is 5.92 Å². The van der Waals surface area contributed by atoms with Gasteiger partial charge in [-0.1, -0.05) is 5.10 Å². The minimum atomic E-state index is -0.537. The number of hydrogen-bond donors (Lipinski definition) is 1. The second-order valence-corrected chi connectivity index (χ2v) is 6.62. The van der Waals surface area contributed by atoms with Crippen molar-refractivity contribution in [2.75, 3.05) is 23.4 Å². The molecule has 1 saturated heterocycles. The predicted molar refractivity (Wildman–Crippen MR) is 101 cm³/mol. The van der Waals surface area contributed by atoms with Crippen molar-refractivity contribution in [2.24, 2.45) is 0 Å². The molecule has 2 heterocycles. The van der Waals surface area contributed by atoms with Gasteiger partial charge in [0.2, 0.25) is 11.8 Å². The lowest BCUT2D eigenvalue weighted by Crippen LogP contribution is -2.24. The van der Waals surface area contributed by atoms with E-state index in [1.54, 1.807) is 0 Å². The first kappa shape index (κ1) is 19.5. The average molecular weight is 414 g/mol. The number of carbonyl (C=O) groups excluding carboxylic acids is 2. The maximum atomic E-state index is 13.1. The van der Waals surface area contributed by atoms with Crippen LogP contribution in [0.15, 0.2) is 52.9 Å². The zero-order valence-electron chi connectivity index (χ0n) is 15.5. The minimum absolute atomic E-state index is 0.120. The molecule has 1 N–H and O–H groups in total. The Morgan fingerprint density at radius 3 is 2.47 bits per heavy atom. The van der Waals surface area contributed by atoms with Crippen molar-refractivity contribution in [1.82, 2.24) is 10.2 Å². The second-order valence-electron chi connectivity index (χ2n) is 6.62. The number of hydrogen-bond acceptors (Lipinski definition) is 6. The third kappa shape index (κ3) is 4.43. The monoisotopic (exact) mass is 414 g/mol. The summed E-state index contributed by atoms with van der Waals surface area (Å²) in [5, 5.41) is 10.1. The van der Waals surface area contributed by atoms with E-state index >= 15 is 0 Å². The van der Waals surface area contributed by atoms with E-state index in [0.717, 1.165) is 0 Å². The van der Waals surface area contributed by atoms with Gasteiger partial charge in [0.15, 0.2) is 6.61 Å². The Morgan fingerprint density at radius 2 is 1.77 bits per heavy atom. The first-order valence-electron chi connectivity index (χ1n) is 9.05. The fourth-order valence-electron chi connectivity index (χ4n) is 3.03. The van der Waals surface area contributed by atoms with Crippen molar-refractivity contribution in [2.45, 2.75) is 12.3 Å². The van der Waals surface area contributed by atoms with Gasteiger partial charge in [-0.3, -0.25) is 14.9 Å². The lowest BCUT2D eigenvalue weighted by Gasteiger charge is -2.15. The molecule has 8 nitrogen and oxygen atoms in total. The summed E-state index contributed by atoms with van der Waals surface area (Å²) in [7, 11) is 0. The first-order chi connectivity index (χ1) is 14.5. The van der Waals surface area contributed by atoms with Gasteiger partial charge in [0.1, 0.15) is 17.4 Å². The maximum absolute atomic E-state index is 13.1. The molecule has 2 aromatic carbocycles. The molecule has 1 aromatic heterocycles. The van der Waals surface area contributed by atoms with Crippen LogP contribution in [-0.2, 0) is 9.59 Å². The summed E-state index contributed by atoms with van der Waals surface area (Å²) in [5.74, 6) is -1.29. The molecule has 0 spiro atoms. The van der Waals surface area contributed by atoms with E-state index in [-0.39, 0.29) is 42.6 Å². The average Bonchev–Trinajstić information content (AvgIpc) is 3.35. The molecule has 154 valence electrons. The van der Waals surface area contributed by atoms with E-state index in [0.29, 0.717) is 18.0 Å². The summed E-state index contributed by atoms with van der Waals surface area (Å²) in [6.45, 7) is -0.0304. The summed E-state index contributed by atoms with van der Waals surface area (Å²) >= 11 is 0. The molecule has 0 unspecified atom stereocenters. The smallest absolute Gasteiger partial charge is 0.322 e. The minimum Gasteiger partial charge on any atom is -0.484 e. The van der Waals surface area contributed by atoms with Gasteiger partial charge in [0, 0.05) is 18.7 Å². The van der Waals surface area contributed by atoms with Crippen LogP contribution in [0.5, 0.6) is 5.75 Å². The van der Waals surface area contributed by atoms with Crippen molar-refractivity contribution in [3.8, 4) is 5.75 Å². The Labute approximate surface area is 169 Å². The van der Waals surface area contributed by atoms with Gasteiger partial charge in [-0.05, 0) is 48.5 Å². The predicted octanol–water partition coefficient (Wildman–Crippen LogP) is 2.89. The number of amides is 2. The van der Waals surface area contributed by atoms with Crippen LogP contribution < -0.4 is 15.0 Å². The lowest BCUT2D eigenvalue weighted by atomic mass is 10.1. The Bertz CT molecular complexity index is 1050. The molecule has 2 amide bonds. The van der Waals surface area contributed by atoms with Gasteiger partial charge in [-0.25, -0.2) is 8.78 Å². The van der Waals surface area contributed by atoms with E-state index in [1.165, 1.54) is 53.4 Å². The van der Waals surface area contributed by atoms with Crippen LogP contribution in [0.2, 0.25) is 0 Å². The highest BCUT2D eigenvalue weighted by atomic mass is 19.1. The van der Waals surface area contributed by atoms with Crippen LogP contribution in [0.25, 0.3) is 0 Å². The summed E-state index contributed by atoms with van der Waals surface area (Å²) in [6, 6.07) is 10.7. The fourth-order valence-corrected chi connectivity index (χ4v) is 3.03. The second kappa shape index (κ2) is 8.27. The van der Waals surface area contributed by atoms with E-state index in [2.05, 4.69) is 15.5 Å². The third-order valence-electron chi connectivity index (χ3n) is 4.48. The van der Waals surface area contributed by atoms with Crippen molar-refractivity contribution in [1.29, 1.82) is 0 Å². The molecule has 0 radical (unpaired) electrons. The zero-order valence-corrected chi connectivity index (χ0v) is 15.5. The zero-order chi connectivity index (χ0) is 21.1. The van der Waals surface area contributed by atoms with Crippen LogP contribution >= 0.6 is 0 Å². The molecular formula is C20H16F2N4O4. The molecule has 1 atom stereocenters. The topological polar surface area (TPSA) is 97.6 Å². The molecule has 0 aliphatic carbocycles. The summed E-state index contributed by atoms with van der Waals surface area (Å²) in [4.78, 5) is 25.8. The number of nitrogens with zero attached hydrogens (tertiary/aromatic N) is 3. The van der Waals surface area contributed by atoms with E-state index < -0.39 is 11.7 Å². The number of anilines is 2. The highest BCUT2D eigenvalue weighted by Gasteiger charge is 2.35. The van der Waals surface area contributed by atoms with Gasteiger partial charge in [-0.2, -0.15) is 0 Å². The normalized spacial score (nSPS) is 16.0. The quantitative estimate of drug-likeness (QED) is 0.666. The Balaban J connectivity index is 1.33. The van der Waals surface area contributed by atoms with Crippen LogP contribution in [0.1, 0.15) is 18.2 Å². The molecule has 10 heteroatoms. The largest absolute Gasteiger partial charge is 0.484 e. The fraction of sp³-hybridized carbons (Fsp3) is 0.200. The summed E-state index contributed by atoms with van der Waals surface area (Å²) in [6.07, 6.45) is 0.153. The standard InChI is InChI=1S/C20H16F2N4O4/c21-13-1-5-15(6-2-13)26-10-12(9-18(26)28)19-24-25-20(30-19)23-17(27)11-29-16-7-3-14(22)4-8-16/h1-8,12H,9-11H2,(H,23,25,27)/t12-/m0/s1. The molecule has 0 saturated carbocycles. The number of nitrogens with one attached hydrogen (secondary N) is 1. The number of benzene rings is 2. The molecule has 4 rings (SSSR count). The Kier molecular flexibility index (Phi) is 5.38. The van der Waals surface area contributed by atoms with E-state index in [1.807, 2.05) is 0 Å². The van der Waals surface area contributed by atoms with Crippen LogP contribution in [-0.4, -0.2) is 35.2 Å². The Hall–Kier alpha value is -3.82. The first-order valence-corrected chi connectivity index (χ1v) is 9.05. The molecule has 3 aromatic rings. The molecule has 30 heavy (non-hydrogen) atoms. The third-order valence-corrected chi connectivity index (χ3v) is 4.48. The van der Waals surface area contributed by atoms with Crippen molar-refractivity contribution in [3.05, 3.63) is 66.1 Å². The Morgan fingerprint density at radius 1 is 1.10 bits per heavy atom. The number of aromatic nitrogens is 2. The van der Waals surface area contributed by atoms with Gasteiger partial charge >= 0.3 is 6.01 Å². The number of carbonyl (C=O) groups is 2. The van der Waals surface area contributed by atoms with Crippen molar-refractivity contribution in [3.63, 3.8) is 0 Å². The van der Waals surface area contributed by atoms with Crippen molar-refractivity contribution >= 4 is 23.5 Å². The number of ether oxygens (including phenoxy) is 1. The van der Waals surface area contributed by atoms with Gasteiger partial charge in [-0.15, -0.1) is 5.10 Å². The van der Waals surface area contributed by atoms with Gasteiger partial charge < -0.3 is 14.1 Å². The maximum Gasteiger partial charge on any atom is 0.322 e. The van der Waals surface area contributed by atoms with Gasteiger partial charge in [0.25, 0.3) is 5.91 Å². The van der Waals surface area contributed by atoms with E-state index in [4.69, 9.17) is 9.15 Å². The molecule has 1 aliphatic heterocycles. The molecular weight excluding hydrogens is 398 g/mol. The summed E-state index contributed by atoms with van der Waals surface area (Å²) < 4.78 is 36.7. The van der Waals surface area contributed by atoms with Crippen LogP contribution in [0.3, 0.4) is 0 Å². The summed E-state index contributed by atoms with van der Waals surface area (Å²) in [5.41, 5.74) is 0.579. The molecule has 1 fully saturated rings. The SMILES string of the molecule is O=C(COc1ccc(F)cc1)Nc1nnc([C@H]2CC(=O)N(c3ccc(F)cc3)C2)o1. The van der Waals surface area contributed by atoms with Crippen LogP contribution in [0.4, 0.5) is 20.5 Å². The number of rotatable bonds is 6. The number of halogens is 2. The highest BCUT2D eigenvalue weighted by molar-refractivity contribution is 5.96. The molecule has 0 bridgehead atoms. The highest BCUT2D eigenvalue weighted by Crippen LogP contribution is 2.31. The lowest BCUT2D eigenvalue weighted by molar-refractivity contribution is -0.118. The van der Waals surface area contributed by atoms with E-state index in [9.17, 15) is 18.4 Å².